The number of halogens is 1. The number of benzene rings is 1. The van der Waals surface area contributed by atoms with Gasteiger partial charge in [0.25, 0.3) is 0 Å². The van der Waals surface area contributed by atoms with Crippen molar-refractivity contribution in [2.24, 2.45) is 0 Å². The molecule has 0 saturated carbocycles. The Labute approximate surface area is 144 Å². The fraction of sp³-hybridized carbons (Fsp3) is 0.353. The zero-order valence-corrected chi connectivity index (χ0v) is 13.8. The zero-order chi connectivity index (χ0) is 18.4. The molecule has 0 bridgehead atoms. The molecule has 1 aliphatic heterocycles. The first-order valence-corrected chi connectivity index (χ1v) is 7.88. The summed E-state index contributed by atoms with van der Waals surface area (Å²) >= 11 is 0. The third-order valence-electron chi connectivity index (χ3n) is 3.88. The van der Waals surface area contributed by atoms with Gasteiger partial charge in [0.1, 0.15) is 12.2 Å². The van der Waals surface area contributed by atoms with Gasteiger partial charge in [-0.2, -0.15) is 5.10 Å². The van der Waals surface area contributed by atoms with E-state index in [0.717, 1.165) is 37.3 Å². The fourth-order valence-electron chi connectivity index (χ4n) is 2.60. The van der Waals surface area contributed by atoms with Gasteiger partial charge in [0, 0.05) is 36.3 Å². The number of aliphatic carboxylic acids is 2. The Kier molecular flexibility index (Phi) is 6.24. The van der Waals surface area contributed by atoms with Crippen LogP contribution in [0, 0.1) is 5.82 Å². The number of nitrogens with one attached hydrogen (secondary N) is 1. The molecular formula is C17H20FN3O4. The van der Waals surface area contributed by atoms with E-state index in [-0.39, 0.29) is 5.82 Å². The van der Waals surface area contributed by atoms with Crippen LogP contribution in [0.2, 0.25) is 0 Å². The highest BCUT2D eigenvalue weighted by atomic mass is 19.1. The van der Waals surface area contributed by atoms with Crippen LogP contribution in [0.15, 0.2) is 24.3 Å². The highest BCUT2D eigenvalue weighted by molar-refractivity contribution is 5.88. The second-order valence-corrected chi connectivity index (χ2v) is 5.62. The van der Waals surface area contributed by atoms with Crippen LogP contribution in [0.3, 0.4) is 0 Å². The maximum Gasteiger partial charge on any atom is 0.314 e. The van der Waals surface area contributed by atoms with Gasteiger partial charge in [-0.1, -0.05) is 6.92 Å². The minimum Gasteiger partial charge on any atom is -0.481 e. The summed E-state index contributed by atoms with van der Waals surface area (Å²) in [5.41, 5.74) is 4.42. The number of nitrogens with zero attached hydrogens (tertiary/aromatic N) is 2. The number of carboxylic acids is 2. The quantitative estimate of drug-likeness (QED) is 0.730. The Morgan fingerprint density at radius 2 is 1.88 bits per heavy atom. The average Bonchev–Trinajstić information content (AvgIpc) is 2.98. The number of carboxylic acid groups (broad SMARTS) is 2. The molecule has 0 radical (unpaired) electrons. The molecule has 7 nitrogen and oxygen atoms in total. The Balaban J connectivity index is 0.000000277. The Bertz CT molecular complexity index is 731. The number of aromatic amines is 1. The molecule has 2 heterocycles. The first-order chi connectivity index (χ1) is 11.9. The maximum atomic E-state index is 12.9. The maximum absolute atomic E-state index is 12.9. The number of carbonyl (C=O) groups is 2. The van der Waals surface area contributed by atoms with Crippen LogP contribution in [-0.4, -0.2) is 50.3 Å². The van der Waals surface area contributed by atoms with Gasteiger partial charge >= 0.3 is 11.9 Å². The van der Waals surface area contributed by atoms with Gasteiger partial charge in [0.05, 0.1) is 5.69 Å². The second kappa shape index (κ2) is 8.39. The Morgan fingerprint density at radius 3 is 2.40 bits per heavy atom. The highest BCUT2D eigenvalue weighted by Crippen LogP contribution is 2.28. The normalized spacial score (nSPS) is 13.5. The number of fused-ring (bicyclic) bond motifs is 1. The molecule has 3 rings (SSSR count). The topological polar surface area (TPSA) is 107 Å². The summed E-state index contributed by atoms with van der Waals surface area (Å²) in [5.74, 6) is -2.83. The summed E-state index contributed by atoms with van der Waals surface area (Å²) in [7, 11) is 0. The minimum atomic E-state index is -1.31. The van der Waals surface area contributed by atoms with Crippen LogP contribution in [0.5, 0.6) is 0 Å². The Morgan fingerprint density at radius 1 is 1.24 bits per heavy atom. The van der Waals surface area contributed by atoms with E-state index in [0.29, 0.717) is 0 Å². The van der Waals surface area contributed by atoms with Crippen LogP contribution in [0.25, 0.3) is 11.3 Å². The van der Waals surface area contributed by atoms with Crippen molar-refractivity contribution in [3.63, 3.8) is 0 Å². The van der Waals surface area contributed by atoms with E-state index in [1.54, 1.807) is 12.1 Å². The van der Waals surface area contributed by atoms with Crippen molar-refractivity contribution in [2.75, 3.05) is 13.1 Å². The van der Waals surface area contributed by atoms with Gasteiger partial charge in [0.15, 0.2) is 0 Å². The van der Waals surface area contributed by atoms with Gasteiger partial charge in [-0.05, 0) is 30.8 Å². The number of likely N-dealkylation sites (N-methyl/N-ethyl adjacent to an activating group) is 1. The van der Waals surface area contributed by atoms with Crippen molar-refractivity contribution in [3.8, 4) is 11.3 Å². The summed E-state index contributed by atoms with van der Waals surface area (Å²) in [6.45, 7) is 5.22. The van der Waals surface area contributed by atoms with E-state index in [1.165, 1.54) is 23.4 Å². The van der Waals surface area contributed by atoms with Crippen molar-refractivity contribution in [1.29, 1.82) is 0 Å². The van der Waals surface area contributed by atoms with E-state index in [2.05, 4.69) is 22.0 Å². The molecule has 0 fully saturated rings. The van der Waals surface area contributed by atoms with E-state index in [1.807, 2.05) is 0 Å². The molecule has 3 N–H and O–H groups in total. The van der Waals surface area contributed by atoms with Crippen molar-refractivity contribution in [3.05, 3.63) is 41.3 Å². The molecule has 25 heavy (non-hydrogen) atoms. The predicted molar refractivity (Wildman–Crippen MR) is 88.5 cm³/mol. The minimum absolute atomic E-state index is 0.210. The summed E-state index contributed by atoms with van der Waals surface area (Å²) in [6.07, 6.45) is 0.206. The lowest BCUT2D eigenvalue weighted by atomic mass is 10.0. The molecule has 8 heteroatoms. The molecule has 0 unspecified atom stereocenters. The summed E-state index contributed by atoms with van der Waals surface area (Å²) in [5, 5.41) is 22.9. The van der Waals surface area contributed by atoms with Crippen LogP contribution in [-0.2, 0) is 22.6 Å². The monoisotopic (exact) mass is 349 g/mol. The first-order valence-electron chi connectivity index (χ1n) is 7.88. The number of rotatable bonds is 4. The highest BCUT2D eigenvalue weighted by Gasteiger charge is 2.21. The number of aromatic nitrogens is 2. The van der Waals surface area contributed by atoms with Crippen LogP contribution in [0.1, 0.15) is 24.6 Å². The summed E-state index contributed by atoms with van der Waals surface area (Å²) in [4.78, 5) is 21.3. The molecule has 0 spiro atoms. The molecule has 1 aromatic carbocycles. The largest absolute Gasteiger partial charge is 0.481 e. The van der Waals surface area contributed by atoms with E-state index in [9.17, 15) is 14.0 Å². The van der Waals surface area contributed by atoms with Crippen LogP contribution >= 0.6 is 0 Å². The molecule has 1 aliphatic rings. The van der Waals surface area contributed by atoms with Gasteiger partial charge < -0.3 is 10.2 Å². The van der Waals surface area contributed by atoms with Crippen molar-refractivity contribution >= 4 is 11.9 Å². The van der Waals surface area contributed by atoms with Crippen LogP contribution in [0.4, 0.5) is 4.39 Å². The molecule has 0 atom stereocenters. The smallest absolute Gasteiger partial charge is 0.314 e. The van der Waals surface area contributed by atoms with Crippen molar-refractivity contribution in [1.82, 2.24) is 15.1 Å². The fourth-order valence-corrected chi connectivity index (χ4v) is 2.60. The van der Waals surface area contributed by atoms with Crippen molar-refractivity contribution < 1.29 is 24.2 Å². The van der Waals surface area contributed by atoms with Gasteiger partial charge in [-0.25, -0.2) is 4.39 Å². The van der Waals surface area contributed by atoms with E-state index >= 15 is 0 Å². The van der Waals surface area contributed by atoms with Gasteiger partial charge in [-0.15, -0.1) is 0 Å². The van der Waals surface area contributed by atoms with Crippen molar-refractivity contribution in [2.45, 2.75) is 26.3 Å². The second-order valence-electron chi connectivity index (χ2n) is 5.62. The van der Waals surface area contributed by atoms with Gasteiger partial charge in [-0.3, -0.25) is 19.6 Å². The molecule has 0 aliphatic carbocycles. The average molecular weight is 349 g/mol. The number of hydrogen-bond donors (Lipinski definition) is 3. The Hall–Kier alpha value is -2.74. The lowest BCUT2D eigenvalue weighted by Gasteiger charge is -2.25. The van der Waals surface area contributed by atoms with E-state index < -0.39 is 18.4 Å². The summed E-state index contributed by atoms with van der Waals surface area (Å²) < 4.78 is 12.9. The van der Waals surface area contributed by atoms with E-state index in [4.69, 9.17) is 10.2 Å². The number of hydrogen-bond acceptors (Lipinski definition) is 4. The molecular weight excluding hydrogens is 329 g/mol. The lowest BCUT2D eigenvalue weighted by molar-refractivity contribution is -0.147. The third kappa shape index (κ3) is 5.12. The summed E-state index contributed by atoms with van der Waals surface area (Å²) in [6, 6.07) is 6.54. The zero-order valence-electron chi connectivity index (χ0n) is 13.8. The lowest BCUT2D eigenvalue weighted by Crippen LogP contribution is -2.30. The molecule has 2 aromatic rings. The SMILES string of the molecule is CCN1CCc2[nH]nc(-c3ccc(F)cc3)c2C1.O=C(O)CC(=O)O. The van der Waals surface area contributed by atoms with Crippen LogP contribution < -0.4 is 0 Å². The predicted octanol–water partition coefficient (Wildman–Crippen LogP) is 2.14. The molecule has 0 amide bonds. The first kappa shape index (κ1) is 18.6. The standard InChI is InChI=1S/C14H16FN3.C3H4O4/c1-2-18-8-7-13-12(9-18)14(17-16-13)10-3-5-11(15)6-4-10;4-2(5)1-3(6)7/h3-6H,2,7-9H2,1H3,(H,16,17);1H2,(H,4,5)(H,6,7). The number of H-pyrrole nitrogens is 1. The molecule has 1 aromatic heterocycles. The molecule has 0 saturated heterocycles. The molecule has 134 valence electrons. The third-order valence-corrected chi connectivity index (χ3v) is 3.88. The van der Waals surface area contributed by atoms with Gasteiger partial charge in [0.2, 0.25) is 0 Å².